The van der Waals surface area contributed by atoms with Gasteiger partial charge in [0, 0.05) is 21.8 Å². The van der Waals surface area contributed by atoms with Crippen molar-refractivity contribution in [2.45, 2.75) is 11.8 Å². The van der Waals surface area contributed by atoms with Gasteiger partial charge in [0.05, 0.1) is 4.47 Å². The molecule has 0 radical (unpaired) electrons. The summed E-state index contributed by atoms with van der Waals surface area (Å²) in [4.78, 5) is 1.34. The van der Waals surface area contributed by atoms with Gasteiger partial charge in [-0.05, 0) is 58.9 Å². The van der Waals surface area contributed by atoms with Gasteiger partial charge in [-0.1, -0.05) is 18.3 Å². The summed E-state index contributed by atoms with van der Waals surface area (Å²) in [7, 11) is 0. The minimum atomic E-state index is -0.287. The van der Waals surface area contributed by atoms with Gasteiger partial charge < -0.3 is 11.1 Å². The SMILES string of the molecule is CSc1cccc(Nc2cc(Br)c(F)cc2C)c1C(N)=S. The maximum absolute atomic E-state index is 13.5. The van der Waals surface area contributed by atoms with Crippen LogP contribution in [-0.2, 0) is 0 Å². The van der Waals surface area contributed by atoms with Crippen molar-refractivity contribution in [3.63, 3.8) is 0 Å². The fraction of sp³-hybridized carbons (Fsp3) is 0.133. The molecule has 110 valence electrons. The third kappa shape index (κ3) is 3.56. The molecule has 0 aliphatic heterocycles. The lowest BCUT2D eigenvalue weighted by Gasteiger charge is -2.16. The fourth-order valence-electron chi connectivity index (χ4n) is 1.99. The van der Waals surface area contributed by atoms with Crippen molar-refractivity contribution in [1.29, 1.82) is 0 Å². The molecule has 2 aromatic carbocycles. The van der Waals surface area contributed by atoms with Crippen LogP contribution in [0.2, 0.25) is 0 Å². The molecule has 0 amide bonds. The molecule has 0 saturated carbocycles. The van der Waals surface area contributed by atoms with Gasteiger partial charge in [-0.3, -0.25) is 0 Å². The summed E-state index contributed by atoms with van der Waals surface area (Å²) in [5, 5.41) is 3.29. The highest BCUT2D eigenvalue weighted by molar-refractivity contribution is 9.10. The van der Waals surface area contributed by atoms with E-state index in [1.807, 2.05) is 31.4 Å². The number of nitrogens with two attached hydrogens (primary N) is 1. The van der Waals surface area contributed by atoms with E-state index in [1.165, 1.54) is 6.07 Å². The lowest BCUT2D eigenvalue weighted by Crippen LogP contribution is -2.13. The first-order valence-electron chi connectivity index (χ1n) is 6.13. The highest BCUT2D eigenvalue weighted by Crippen LogP contribution is 2.32. The van der Waals surface area contributed by atoms with E-state index in [4.69, 9.17) is 18.0 Å². The Kier molecular flexibility index (Phi) is 5.24. The Hall–Kier alpha value is -1.11. The minimum absolute atomic E-state index is 0.287. The van der Waals surface area contributed by atoms with E-state index in [-0.39, 0.29) is 5.82 Å². The molecule has 2 nitrogen and oxygen atoms in total. The molecular formula is C15H14BrFN2S2. The number of thioether (sulfide) groups is 1. The Labute approximate surface area is 141 Å². The number of benzene rings is 2. The van der Waals surface area contributed by atoms with Gasteiger partial charge in [0.1, 0.15) is 10.8 Å². The second-order valence-corrected chi connectivity index (χ2v) is 6.60. The van der Waals surface area contributed by atoms with Crippen molar-refractivity contribution in [2.75, 3.05) is 11.6 Å². The van der Waals surface area contributed by atoms with Crippen molar-refractivity contribution in [3.8, 4) is 0 Å². The summed E-state index contributed by atoms with van der Waals surface area (Å²) in [6.07, 6.45) is 1.97. The molecule has 3 N–H and O–H groups in total. The van der Waals surface area contributed by atoms with E-state index in [2.05, 4.69) is 21.2 Å². The third-order valence-corrected chi connectivity index (χ3v) is 4.62. The molecule has 0 heterocycles. The monoisotopic (exact) mass is 384 g/mol. The lowest BCUT2D eigenvalue weighted by atomic mass is 10.1. The second-order valence-electron chi connectivity index (χ2n) is 4.45. The second kappa shape index (κ2) is 6.77. The van der Waals surface area contributed by atoms with Gasteiger partial charge in [0.25, 0.3) is 0 Å². The van der Waals surface area contributed by atoms with E-state index in [9.17, 15) is 4.39 Å². The number of hydrogen-bond donors (Lipinski definition) is 2. The molecule has 0 aliphatic rings. The summed E-state index contributed by atoms with van der Waals surface area (Å²) in [5.74, 6) is -0.287. The van der Waals surface area contributed by atoms with E-state index in [0.29, 0.717) is 9.46 Å². The van der Waals surface area contributed by atoms with Crippen LogP contribution >= 0.6 is 39.9 Å². The van der Waals surface area contributed by atoms with Crippen molar-refractivity contribution in [2.24, 2.45) is 5.73 Å². The molecule has 0 fully saturated rings. The van der Waals surface area contributed by atoms with Gasteiger partial charge in [-0.2, -0.15) is 0 Å². The summed E-state index contributed by atoms with van der Waals surface area (Å²) < 4.78 is 13.9. The number of rotatable bonds is 4. The molecule has 0 bridgehead atoms. The van der Waals surface area contributed by atoms with E-state index < -0.39 is 0 Å². The predicted octanol–water partition coefficient (Wildman–Crippen LogP) is 5.00. The standard InChI is InChI=1S/C15H14BrFN2S2/c1-8-6-10(17)9(16)7-12(8)19-11-4-3-5-13(21-2)14(11)15(18)20/h3-7,19H,1-2H3,(H2,18,20). The molecule has 2 rings (SSSR count). The number of aryl methyl sites for hydroxylation is 1. The molecule has 0 aromatic heterocycles. The number of hydrogen-bond acceptors (Lipinski definition) is 3. The van der Waals surface area contributed by atoms with Crippen LogP contribution in [0.3, 0.4) is 0 Å². The van der Waals surface area contributed by atoms with Crippen molar-refractivity contribution >= 4 is 56.3 Å². The Morgan fingerprint density at radius 2 is 2.05 bits per heavy atom. The van der Waals surface area contributed by atoms with E-state index >= 15 is 0 Å². The number of halogens is 2. The van der Waals surface area contributed by atoms with Crippen LogP contribution in [0.15, 0.2) is 39.7 Å². The first-order valence-corrected chi connectivity index (χ1v) is 8.56. The highest BCUT2D eigenvalue weighted by Gasteiger charge is 2.12. The largest absolute Gasteiger partial charge is 0.389 e. The number of nitrogens with one attached hydrogen (secondary N) is 1. The van der Waals surface area contributed by atoms with Crippen molar-refractivity contribution in [3.05, 3.63) is 51.7 Å². The average Bonchev–Trinajstić information content (AvgIpc) is 2.44. The normalized spacial score (nSPS) is 10.5. The molecular weight excluding hydrogens is 371 g/mol. The molecule has 0 unspecified atom stereocenters. The third-order valence-electron chi connectivity index (χ3n) is 3.03. The zero-order valence-electron chi connectivity index (χ0n) is 11.5. The van der Waals surface area contributed by atoms with Crippen molar-refractivity contribution in [1.82, 2.24) is 0 Å². The van der Waals surface area contributed by atoms with Crippen LogP contribution in [0, 0.1) is 12.7 Å². The molecule has 0 spiro atoms. The molecule has 0 aliphatic carbocycles. The summed E-state index contributed by atoms with van der Waals surface area (Å²) in [6, 6.07) is 9.00. The van der Waals surface area contributed by atoms with Crippen LogP contribution in [0.1, 0.15) is 11.1 Å². The maximum Gasteiger partial charge on any atom is 0.137 e. The minimum Gasteiger partial charge on any atom is -0.389 e. The summed E-state index contributed by atoms with van der Waals surface area (Å²) in [5.41, 5.74) is 9.08. The van der Waals surface area contributed by atoms with Crippen molar-refractivity contribution < 1.29 is 4.39 Å². The number of anilines is 2. The van der Waals surface area contributed by atoms with Gasteiger partial charge in [-0.25, -0.2) is 4.39 Å². The van der Waals surface area contributed by atoms with Crippen LogP contribution in [0.25, 0.3) is 0 Å². The Balaban J connectivity index is 2.49. The highest BCUT2D eigenvalue weighted by atomic mass is 79.9. The molecule has 0 saturated heterocycles. The summed E-state index contributed by atoms with van der Waals surface area (Å²) >= 11 is 9.94. The molecule has 2 aromatic rings. The average molecular weight is 385 g/mol. The smallest absolute Gasteiger partial charge is 0.137 e. The zero-order chi connectivity index (χ0) is 15.6. The maximum atomic E-state index is 13.5. The van der Waals surface area contributed by atoms with Gasteiger partial charge >= 0.3 is 0 Å². The molecule has 6 heteroatoms. The first-order chi connectivity index (χ1) is 9.93. The Morgan fingerprint density at radius 3 is 2.67 bits per heavy atom. The van der Waals surface area contributed by atoms with Gasteiger partial charge in [-0.15, -0.1) is 11.8 Å². The Bertz CT molecular complexity index is 704. The topological polar surface area (TPSA) is 38.0 Å². The van der Waals surface area contributed by atoms with Gasteiger partial charge in [0.15, 0.2) is 0 Å². The van der Waals surface area contributed by atoms with Gasteiger partial charge in [0.2, 0.25) is 0 Å². The molecule has 21 heavy (non-hydrogen) atoms. The van der Waals surface area contributed by atoms with Crippen LogP contribution in [0.5, 0.6) is 0 Å². The van der Waals surface area contributed by atoms with E-state index in [1.54, 1.807) is 17.8 Å². The van der Waals surface area contributed by atoms with Crippen LogP contribution < -0.4 is 11.1 Å². The number of thiocarbonyl (C=S) groups is 1. The fourth-order valence-corrected chi connectivity index (χ4v) is 3.25. The predicted molar refractivity (Wildman–Crippen MR) is 96.2 cm³/mol. The lowest BCUT2D eigenvalue weighted by molar-refractivity contribution is 0.620. The van der Waals surface area contributed by atoms with E-state index in [0.717, 1.165) is 27.4 Å². The molecule has 0 atom stereocenters. The summed E-state index contributed by atoms with van der Waals surface area (Å²) in [6.45, 7) is 1.84. The Morgan fingerprint density at radius 1 is 1.33 bits per heavy atom. The quantitative estimate of drug-likeness (QED) is 0.574. The van der Waals surface area contributed by atoms with Crippen LogP contribution in [-0.4, -0.2) is 11.2 Å². The zero-order valence-corrected chi connectivity index (χ0v) is 14.8. The van der Waals surface area contributed by atoms with Crippen LogP contribution in [0.4, 0.5) is 15.8 Å². The first kappa shape index (κ1) is 16.3.